The summed E-state index contributed by atoms with van der Waals surface area (Å²) in [6.45, 7) is 0. The van der Waals surface area contributed by atoms with E-state index in [1.54, 1.807) is 0 Å². The second kappa shape index (κ2) is 7.81. The topological polar surface area (TPSA) is 13.1 Å². The van der Waals surface area contributed by atoms with E-state index in [0.29, 0.717) is 16.7 Å². The Bertz CT molecular complexity index is 2240. The summed E-state index contributed by atoms with van der Waals surface area (Å²) in [4.78, 5) is 0. The summed E-state index contributed by atoms with van der Waals surface area (Å²) >= 11 is 0. The van der Waals surface area contributed by atoms with Crippen molar-refractivity contribution in [3.05, 3.63) is 133 Å². The monoisotopic (exact) mass is 473 g/mol. The highest BCUT2D eigenvalue weighted by Gasteiger charge is 2.20. The summed E-state index contributed by atoms with van der Waals surface area (Å²) in [6.07, 6.45) is 0. The van der Waals surface area contributed by atoms with Gasteiger partial charge in [-0.3, -0.25) is 0 Å². The number of hydrogen-bond donors (Lipinski definition) is 0. The maximum absolute atomic E-state index is 9.25. The number of furan rings is 1. The van der Waals surface area contributed by atoms with Gasteiger partial charge in [-0.25, -0.2) is 0 Å². The Hall–Kier alpha value is -4.88. The van der Waals surface area contributed by atoms with Crippen LogP contribution in [-0.2, 0) is 0 Å². The first-order valence-corrected chi connectivity index (χ1v) is 12.5. The first-order valence-electron chi connectivity index (χ1n) is 14.0. The lowest BCUT2D eigenvalue weighted by Gasteiger charge is -2.18. The predicted molar refractivity (Wildman–Crippen MR) is 157 cm³/mol. The zero-order chi connectivity index (χ0) is 27.0. The first-order chi connectivity index (χ1) is 19.6. The van der Waals surface area contributed by atoms with Crippen LogP contribution in [0.5, 0.6) is 0 Å². The molecule has 172 valence electrons. The molecule has 0 saturated heterocycles. The predicted octanol–water partition coefficient (Wildman–Crippen LogP) is 10.4. The third kappa shape index (κ3) is 2.92. The van der Waals surface area contributed by atoms with Crippen molar-refractivity contribution >= 4 is 54.3 Å². The fourth-order valence-corrected chi connectivity index (χ4v) is 5.88. The highest BCUT2D eigenvalue weighted by Crippen LogP contribution is 2.47. The molecular formula is C36H22O. The molecule has 0 saturated carbocycles. The van der Waals surface area contributed by atoms with Gasteiger partial charge in [0.1, 0.15) is 11.2 Å². The second-order valence-electron chi connectivity index (χ2n) is 9.43. The Morgan fingerprint density at radius 2 is 1.08 bits per heavy atom. The summed E-state index contributed by atoms with van der Waals surface area (Å²) in [5, 5.41) is 7.73. The number of benzene rings is 7. The van der Waals surface area contributed by atoms with Gasteiger partial charge in [-0.2, -0.15) is 0 Å². The zero-order valence-corrected chi connectivity index (χ0v) is 19.9. The molecule has 1 aromatic heterocycles. The summed E-state index contributed by atoms with van der Waals surface area (Å²) in [5.74, 6) is 0. The average molecular weight is 474 g/mol. The van der Waals surface area contributed by atoms with Gasteiger partial charge in [0.15, 0.2) is 0 Å². The average Bonchev–Trinajstić information content (AvgIpc) is 3.40. The van der Waals surface area contributed by atoms with Crippen LogP contribution in [-0.4, -0.2) is 0 Å². The van der Waals surface area contributed by atoms with Crippen LogP contribution in [0.4, 0.5) is 0 Å². The molecule has 37 heavy (non-hydrogen) atoms. The van der Waals surface area contributed by atoms with Crippen molar-refractivity contribution in [2.24, 2.45) is 0 Å². The molecule has 0 bridgehead atoms. The maximum Gasteiger partial charge on any atom is 0.143 e. The normalized spacial score (nSPS) is 12.9. The van der Waals surface area contributed by atoms with E-state index in [-0.39, 0.29) is 18.1 Å². The molecule has 8 aromatic rings. The van der Waals surface area contributed by atoms with Crippen LogP contribution in [0.3, 0.4) is 0 Å². The first kappa shape index (κ1) is 17.5. The largest absolute Gasteiger partial charge is 0.455 e. The Balaban J connectivity index is 1.63. The van der Waals surface area contributed by atoms with Gasteiger partial charge in [0, 0.05) is 16.2 Å². The van der Waals surface area contributed by atoms with Crippen molar-refractivity contribution in [1.82, 2.24) is 0 Å². The SMILES string of the molecule is [2H]c1c([2H])c(-c2c3ccccc3c(-c3ccccc3)c3ccccc23)c2c(oc3c4ccccc4ccc32)c1[2H]. The van der Waals surface area contributed by atoms with E-state index in [0.717, 1.165) is 59.8 Å². The van der Waals surface area contributed by atoms with E-state index in [4.69, 9.17) is 7.16 Å². The molecule has 0 aliphatic rings. The highest BCUT2D eigenvalue weighted by atomic mass is 16.3. The molecule has 0 N–H and O–H groups in total. The molecule has 1 heterocycles. The van der Waals surface area contributed by atoms with Gasteiger partial charge < -0.3 is 4.42 Å². The fourth-order valence-electron chi connectivity index (χ4n) is 5.88. The summed E-state index contributed by atoms with van der Waals surface area (Å²) in [7, 11) is 0. The molecule has 0 radical (unpaired) electrons. The minimum atomic E-state index is -0.133. The number of fused-ring (bicyclic) bond motifs is 7. The van der Waals surface area contributed by atoms with Crippen molar-refractivity contribution in [1.29, 1.82) is 0 Å². The summed E-state index contributed by atoms with van der Waals surface area (Å²) < 4.78 is 33.3. The lowest BCUT2D eigenvalue weighted by molar-refractivity contribution is 0.673. The minimum absolute atomic E-state index is 0.0381. The molecule has 1 heteroatoms. The Labute approximate surface area is 218 Å². The van der Waals surface area contributed by atoms with E-state index < -0.39 is 0 Å². The number of rotatable bonds is 2. The molecule has 0 amide bonds. The van der Waals surface area contributed by atoms with Crippen LogP contribution in [0, 0.1) is 0 Å². The van der Waals surface area contributed by atoms with Gasteiger partial charge in [-0.1, -0.05) is 121 Å². The fraction of sp³-hybridized carbons (Fsp3) is 0. The van der Waals surface area contributed by atoms with Gasteiger partial charge in [-0.15, -0.1) is 0 Å². The van der Waals surface area contributed by atoms with E-state index in [9.17, 15) is 1.37 Å². The van der Waals surface area contributed by atoms with E-state index in [2.05, 4.69) is 54.6 Å². The molecule has 0 aliphatic carbocycles. The standard InChI is InChI=1S/C36H22O/c1-2-12-24(13-3-1)33-26-15-6-8-17-28(26)34(29-18-9-7-16-27(29)33)30-19-10-20-32-35(30)31-22-21-23-11-4-5-14-25(23)36(31)37-32/h1-22H/i10D,19D,20D. The van der Waals surface area contributed by atoms with Gasteiger partial charge >= 0.3 is 0 Å². The third-order valence-electron chi connectivity index (χ3n) is 7.44. The highest BCUT2D eigenvalue weighted by molar-refractivity contribution is 6.26. The van der Waals surface area contributed by atoms with E-state index >= 15 is 0 Å². The van der Waals surface area contributed by atoms with Gasteiger partial charge in [0.2, 0.25) is 0 Å². The van der Waals surface area contributed by atoms with Crippen LogP contribution in [0.2, 0.25) is 0 Å². The van der Waals surface area contributed by atoms with Gasteiger partial charge in [0.05, 0.1) is 4.11 Å². The Morgan fingerprint density at radius 1 is 0.486 bits per heavy atom. The molecule has 0 spiro atoms. The van der Waals surface area contributed by atoms with Crippen molar-refractivity contribution in [2.75, 3.05) is 0 Å². The molecule has 7 aromatic carbocycles. The Morgan fingerprint density at radius 3 is 1.78 bits per heavy atom. The summed E-state index contributed by atoms with van der Waals surface area (Å²) in [5.41, 5.74) is 4.83. The minimum Gasteiger partial charge on any atom is -0.455 e. The van der Waals surface area contributed by atoms with Gasteiger partial charge in [0.25, 0.3) is 0 Å². The van der Waals surface area contributed by atoms with Crippen LogP contribution >= 0.6 is 0 Å². The van der Waals surface area contributed by atoms with Crippen LogP contribution < -0.4 is 0 Å². The molecule has 0 aliphatic heterocycles. The van der Waals surface area contributed by atoms with Crippen LogP contribution in [0.1, 0.15) is 4.11 Å². The molecule has 0 atom stereocenters. The summed E-state index contributed by atoms with van der Waals surface area (Å²) in [6, 6.07) is 39.0. The van der Waals surface area contributed by atoms with Gasteiger partial charge in [-0.05, 0) is 61.3 Å². The lowest BCUT2D eigenvalue weighted by atomic mass is 9.85. The van der Waals surface area contributed by atoms with Crippen molar-refractivity contribution < 1.29 is 8.53 Å². The van der Waals surface area contributed by atoms with Crippen LogP contribution in [0.25, 0.3) is 76.5 Å². The molecule has 8 rings (SSSR count). The van der Waals surface area contributed by atoms with Crippen LogP contribution in [0.15, 0.2) is 138 Å². The van der Waals surface area contributed by atoms with Crippen molar-refractivity contribution in [3.63, 3.8) is 0 Å². The molecule has 0 unspecified atom stereocenters. The van der Waals surface area contributed by atoms with Crippen molar-refractivity contribution in [2.45, 2.75) is 0 Å². The smallest absolute Gasteiger partial charge is 0.143 e. The van der Waals surface area contributed by atoms with E-state index in [1.165, 1.54) is 0 Å². The van der Waals surface area contributed by atoms with E-state index in [1.807, 2.05) is 60.7 Å². The quantitative estimate of drug-likeness (QED) is 0.228. The molecule has 1 nitrogen and oxygen atoms in total. The zero-order valence-electron chi connectivity index (χ0n) is 22.9. The number of hydrogen-bond acceptors (Lipinski definition) is 1. The maximum atomic E-state index is 9.25. The third-order valence-corrected chi connectivity index (χ3v) is 7.44. The lowest BCUT2D eigenvalue weighted by Crippen LogP contribution is -1.91. The molecule has 0 fully saturated rings. The molecular weight excluding hydrogens is 448 g/mol. The van der Waals surface area contributed by atoms with Crippen molar-refractivity contribution in [3.8, 4) is 22.3 Å². The second-order valence-corrected chi connectivity index (χ2v) is 9.43. The Kier molecular flexibility index (Phi) is 3.70.